The second-order valence-corrected chi connectivity index (χ2v) is 4.93. The largest absolute Gasteiger partial charge is 0.465 e. The summed E-state index contributed by atoms with van der Waals surface area (Å²) in [5.74, 6) is -0.176. The Morgan fingerprint density at radius 1 is 1.32 bits per heavy atom. The highest BCUT2D eigenvalue weighted by molar-refractivity contribution is 5.93. The molecule has 1 aromatic carbocycles. The van der Waals surface area contributed by atoms with Crippen LogP contribution < -0.4 is 5.43 Å². The van der Waals surface area contributed by atoms with Crippen LogP contribution in [0.25, 0.3) is 10.9 Å². The summed E-state index contributed by atoms with van der Waals surface area (Å²) in [5.41, 5.74) is 0.651. The topological polar surface area (TPSA) is 48.3 Å². The molecule has 0 aliphatic heterocycles. The van der Waals surface area contributed by atoms with Crippen LogP contribution in [0.2, 0.25) is 0 Å². The van der Waals surface area contributed by atoms with Gasteiger partial charge in [0.1, 0.15) is 5.56 Å². The van der Waals surface area contributed by atoms with E-state index in [4.69, 9.17) is 0 Å². The van der Waals surface area contributed by atoms with Gasteiger partial charge in [-0.1, -0.05) is 26.0 Å². The lowest BCUT2D eigenvalue weighted by atomic mass is 10.1. The van der Waals surface area contributed by atoms with E-state index >= 15 is 0 Å². The number of pyridine rings is 1. The van der Waals surface area contributed by atoms with Crippen molar-refractivity contribution in [1.82, 2.24) is 4.57 Å². The maximum Gasteiger partial charge on any atom is 0.343 e. The third kappa shape index (κ3) is 2.52. The van der Waals surface area contributed by atoms with Crippen LogP contribution in [-0.4, -0.2) is 17.6 Å². The summed E-state index contributed by atoms with van der Waals surface area (Å²) in [6, 6.07) is 7.31. The fraction of sp³-hybridized carbons (Fsp3) is 0.333. The number of rotatable bonds is 3. The number of nitrogens with zero attached hydrogens (tertiary/aromatic N) is 1. The SMILES string of the molecule is COC(=O)c1cn(CC(C)C)c2ccccc2c1=O. The van der Waals surface area contributed by atoms with Gasteiger partial charge in [-0.3, -0.25) is 4.79 Å². The van der Waals surface area contributed by atoms with Crippen molar-refractivity contribution in [3.05, 3.63) is 46.2 Å². The lowest BCUT2D eigenvalue weighted by molar-refractivity contribution is 0.0598. The molecule has 0 aliphatic carbocycles. The van der Waals surface area contributed by atoms with Crippen molar-refractivity contribution in [2.75, 3.05) is 7.11 Å². The molecule has 2 aromatic rings. The Labute approximate surface area is 111 Å². The first-order chi connectivity index (χ1) is 9.04. The van der Waals surface area contributed by atoms with E-state index in [2.05, 4.69) is 18.6 Å². The van der Waals surface area contributed by atoms with Gasteiger partial charge in [0, 0.05) is 18.1 Å². The molecule has 0 atom stereocenters. The number of fused-ring (bicyclic) bond motifs is 1. The molecule has 0 unspecified atom stereocenters. The average Bonchev–Trinajstić information content (AvgIpc) is 2.40. The van der Waals surface area contributed by atoms with Crippen LogP contribution in [0.15, 0.2) is 35.3 Å². The third-order valence-electron chi connectivity index (χ3n) is 2.95. The number of ether oxygens (including phenoxy) is 1. The van der Waals surface area contributed by atoms with E-state index in [1.807, 2.05) is 16.7 Å². The van der Waals surface area contributed by atoms with Crippen molar-refractivity contribution in [3.8, 4) is 0 Å². The van der Waals surface area contributed by atoms with E-state index in [1.54, 1.807) is 18.3 Å². The number of methoxy groups -OCH3 is 1. The molecule has 1 aromatic heterocycles. The molecular formula is C15H17NO3. The monoisotopic (exact) mass is 259 g/mol. The quantitative estimate of drug-likeness (QED) is 0.795. The molecule has 0 amide bonds. The summed E-state index contributed by atoms with van der Waals surface area (Å²) in [5, 5.41) is 0.547. The molecule has 2 rings (SSSR count). The van der Waals surface area contributed by atoms with Crippen molar-refractivity contribution < 1.29 is 9.53 Å². The van der Waals surface area contributed by atoms with Crippen molar-refractivity contribution in [2.24, 2.45) is 5.92 Å². The molecule has 0 N–H and O–H groups in total. The number of hydrogen-bond donors (Lipinski definition) is 0. The Hall–Kier alpha value is -2.10. The normalized spacial score (nSPS) is 10.9. The van der Waals surface area contributed by atoms with Crippen molar-refractivity contribution in [3.63, 3.8) is 0 Å². The van der Waals surface area contributed by atoms with Gasteiger partial charge in [-0.15, -0.1) is 0 Å². The Morgan fingerprint density at radius 3 is 2.63 bits per heavy atom. The van der Waals surface area contributed by atoms with Crippen molar-refractivity contribution >= 4 is 16.9 Å². The molecule has 0 saturated heterocycles. The van der Waals surface area contributed by atoms with Gasteiger partial charge in [0.2, 0.25) is 5.43 Å². The first-order valence-corrected chi connectivity index (χ1v) is 6.25. The molecule has 4 nitrogen and oxygen atoms in total. The molecule has 0 saturated carbocycles. The second-order valence-electron chi connectivity index (χ2n) is 4.93. The van der Waals surface area contributed by atoms with E-state index in [-0.39, 0.29) is 11.0 Å². The van der Waals surface area contributed by atoms with Gasteiger partial charge in [0.05, 0.1) is 12.6 Å². The Bertz CT molecular complexity index is 671. The molecule has 1 heterocycles. The minimum Gasteiger partial charge on any atom is -0.465 e. The summed E-state index contributed by atoms with van der Waals surface area (Å²) >= 11 is 0. The Kier molecular flexibility index (Phi) is 3.69. The van der Waals surface area contributed by atoms with Gasteiger partial charge in [-0.05, 0) is 18.1 Å². The van der Waals surface area contributed by atoms with Gasteiger partial charge in [-0.2, -0.15) is 0 Å². The number of carbonyl (C=O) groups excluding carboxylic acids is 1. The zero-order valence-corrected chi connectivity index (χ0v) is 11.3. The number of esters is 1. The first-order valence-electron chi connectivity index (χ1n) is 6.25. The lowest BCUT2D eigenvalue weighted by Gasteiger charge is -2.14. The Balaban J connectivity index is 2.76. The summed E-state index contributed by atoms with van der Waals surface area (Å²) < 4.78 is 6.61. The number of para-hydroxylation sites is 1. The predicted molar refractivity (Wildman–Crippen MR) is 74.4 cm³/mol. The number of hydrogen-bond acceptors (Lipinski definition) is 3. The Morgan fingerprint density at radius 2 is 2.00 bits per heavy atom. The molecule has 0 radical (unpaired) electrons. The molecule has 4 heteroatoms. The minimum absolute atomic E-state index is 0.0850. The fourth-order valence-electron chi connectivity index (χ4n) is 2.14. The molecular weight excluding hydrogens is 242 g/mol. The number of benzene rings is 1. The van der Waals surface area contributed by atoms with Crippen molar-refractivity contribution in [1.29, 1.82) is 0 Å². The highest BCUT2D eigenvalue weighted by Crippen LogP contribution is 2.14. The van der Waals surface area contributed by atoms with Crippen LogP contribution in [0.3, 0.4) is 0 Å². The van der Waals surface area contributed by atoms with Crippen LogP contribution in [0.1, 0.15) is 24.2 Å². The molecule has 0 aliphatic rings. The molecule has 0 spiro atoms. The predicted octanol–water partition coefficient (Wildman–Crippen LogP) is 2.44. The maximum absolute atomic E-state index is 12.3. The zero-order valence-electron chi connectivity index (χ0n) is 11.3. The minimum atomic E-state index is -0.590. The van der Waals surface area contributed by atoms with E-state index in [9.17, 15) is 9.59 Å². The van der Waals surface area contributed by atoms with Crippen LogP contribution in [0.4, 0.5) is 0 Å². The second kappa shape index (κ2) is 5.26. The van der Waals surface area contributed by atoms with E-state index in [0.29, 0.717) is 11.3 Å². The number of carbonyl (C=O) groups is 1. The molecule has 0 bridgehead atoms. The fourth-order valence-corrected chi connectivity index (χ4v) is 2.14. The van der Waals surface area contributed by atoms with Crippen LogP contribution >= 0.6 is 0 Å². The van der Waals surface area contributed by atoms with Gasteiger partial charge in [0.25, 0.3) is 0 Å². The lowest BCUT2D eigenvalue weighted by Crippen LogP contribution is -2.21. The van der Waals surface area contributed by atoms with E-state index < -0.39 is 5.97 Å². The summed E-state index contributed by atoms with van der Waals surface area (Å²) in [7, 11) is 1.28. The summed E-state index contributed by atoms with van der Waals surface area (Å²) in [6.07, 6.45) is 1.59. The summed E-state index contributed by atoms with van der Waals surface area (Å²) in [4.78, 5) is 23.9. The zero-order chi connectivity index (χ0) is 14.0. The number of aromatic nitrogens is 1. The third-order valence-corrected chi connectivity index (χ3v) is 2.95. The smallest absolute Gasteiger partial charge is 0.343 e. The van der Waals surface area contributed by atoms with E-state index in [0.717, 1.165) is 12.1 Å². The maximum atomic E-state index is 12.3. The van der Waals surface area contributed by atoms with Gasteiger partial charge in [-0.25, -0.2) is 4.79 Å². The molecule has 0 fully saturated rings. The van der Waals surface area contributed by atoms with Gasteiger partial charge in [0.15, 0.2) is 0 Å². The van der Waals surface area contributed by atoms with E-state index in [1.165, 1.54) is 7.11 Å². The first kappa shape index (κ1) is 13.3. The van der Waals surface area contributed by atoms with Crippen LogP contribution in [0.5, 0.6) is 0 Å². The van der Waals surface area contributed by atoms with Gasteiger partial charge < -0.3 is 9.30 Å². The van der Waals surface area contributed by atoms with Crippen LogP contribution in [-0.2, 0) is 11.3 Å². The van der Waals surface area contributed by atoms with Crippen LogP contribution in [0, 0.1) is 5.92 Å². The summed E-state index contributed by atoms with van der Waals surface area (Å²) in [6.45, 7) is 4.92. The standard InChI is InChI=1S/C15H17NO3/c1-10(2)8-16-9-12(15(18)19-3)14(17)11-6-4-5-7-13(11)16/h4-7,9-10H,8H2,1-3H3. The molecule has 100 valence electrons. The highest BCUT2D eigenvalue weighted by Gasteiger charge is 2.15. The van der Waals surface area contributed by atoms with Gasteiger partial charge >= 0.3 is 5.97 Å². The highest BCUT2D eigenvalue weighted by atomic mass is 16.5. The van der Waals surface area contributed by atoms with Crippen molar-refractivity contribution in [2.45, 2.75) is 20.4 Å². The molecule has 19 heavy (non-hydrogen) atoms. The average molecular weight is 259 g/mol.